The molecule has 1 aromatic heterocycles. The van der Waals surface area contributed by atoms with Crippen molar-refractivity contribution in [3.8, 4) is 0 Å². The van der Waals surface area contributed by atoms with E-state index in [0.717, 1.165) is 18.4 Å². The molecule has 0 fully saturated rings. The Morgan fingerprint density at radius 1 is 1.67 bits per heavy atom. The number of nitrogens with zero attached hydrogens (tertiary/aromatic N) is 2. The van der Waals surface area contributed by atoms with Crippen LogP contribution in [0.15, 0.2) is 12.4 Å². The third-order valence-electron chi connectivity index (χ3n) is 2.06. The van der Waals surface area contributed by atoms with Gasteiger partial charge in [0.15, 0.2) is 0 Å². The van der Waals surface area contributed by atoms with Crippen LogP contribution < -0.4 is 0 Å². The van der Waals surface area contributed by atoms with Crippen LogP contribution >= 0.6 is 0 Å². The number of rotatable bonds is 3. The van der Waals surface area contributed by atoms with Crippen molar-refractivity contribution in [2.24, 2.45) is 7.05 Å². The summed E-state index contributed by atoms with van der Waals surface area (Å²) < 4.78 is 1.71. The molecule has 0 saturated carbocycles. The highest BCUT2D eigenvalue weighted by Crippen LogP contribution is 2.24. The Kier molecular flexibility index (Phi) is 2.52. The lowest BCUT2D eigenvalue weighted by atomic mass is 9.94. The zero-order valence-electron chi connectivity index (χ0n) is 7.91. The largest absolute Gasteiger partial charge is 0.385 e. The number of aromatic nitrogens is 2. The first-order valence-electron chi connectivity index (χ1n) is 4.28. The third kappa shape index (κ3) is 1.85. The van der Waals surface area contributed by atoms with Gasteiger partial charge in [0.25, 0.3) is 0 Å². The van der Waals surface area contributed by atoms with E-state index in [2.05, 4.69) is 12.0 Å². The van der Waals surface area contributed by atoms with Crippen LogP contribution in [0.2, 0.25) is 0 Å². The van der Waals surface area contributed by atoms with Crippen LogP contribution in [0.5, 0.6) is 0 Å². The van der Waals surface area contributed by atoms with Crippen LogP contribution in [-0.4, -0.2) is 14.9 Å². The monoisotopic (exact) mass is 168 g/mol. The summed E-state index contributed by atoms with van der Waals surface area (Å²) in [7, 11) is 1.85. The van der Waals surface area contributed by atoms with E-state index in [1.807, 2.05) is 20.2 Å². The quantitative estimate of drug-likeness (QED) is 0.741. The Bertz CT molecular complexity index is 253. The molecule has 0 aliphatic carbocycles. The Morgan fingerprint density at radius 3 is 2.75 bits per heavy atom. The highest BCUT2D eigenvalue weighted by Gasteiger charge is 2.22. The predicted octanol–water partition coefficient (Wildman–Crippen LogP) is 1.43. The van der Waals surface area contributed by atoms with Crippen molar-refractivity contribution in [3.05, 3.63) is 18.0 Å². The molecule has 1 atom stereocenters. The zero-order valence-corrected chi connectivity index (χ0v) is 7.91. The van der Waals surface area contributed by atoms with E-state index in [0.29, 0.717) is 0 Å². The number of aryl methyl sites for hydroxylation is 1. The molecule has 0 spiro atoms. The van der Waals surface area contributed by atoms with Crippen LogP contribution in [0, 0.1) is 0 Å². The molecule has 0 aliphatic rings. The van der Waals surface area contributed by atoms with Gasteiger partial charge >= 0.3 is 0 Å². The minimum Gasteiger partial charge on any atom is -0.385 e. The Labute approximate surface area is 73.0 Å². The van der Waals surface area contributed by atoms with Gasteiger partial charge in [-0.3, -0.25) is 4.68 Å². The molecule has 1 rings (SSSR count). The highest BCUT2D eigenvalue weighted by atomic mass is 16.3. The zero-order chi connectivity index (χ0) is 9.19. The van der Waals surface area contributed by atoms with E-state index in [4.69, 9.17) is 0 Å². The SMILES string of the molecule is CCCC(C)(O)c1cnn(C)c1. The van der Waals surface area contributed by atoms with Crippen molar-refractivity contribution < 1.29 is 5.11 Å². The molecule has 1 heterocycles. The van der Waals surface area contributed by atoms with E-state index >= 15 is 0 Å². The minimum atomic E-state index is -0.719. The average Bonchev–Trinajstić information content (AvgIpc) is 2.36. The summed E-state index contributed by atoms with van der Waals surface area (Å²) in [6.45, 7) is 3.89. The Hall–Kier alpha value is -0.830. The van der Waals surface area contributed by atoms with E-state index in [-0.39, 0.29) is 0 Å². The van der Waals surface area contributed by atoms with Crippen molar-refractivity contribution in [1.82, 2.24) is 9.78 Å². The lowest BCUT2D eigenvalue weighted by Crippen LogP contribution is -2.19. The maximum atomic E-state index is 9.95. The molecule has 0 aromatic carbocycles. The smallest absolute Gasteiger partial charge is 0.0898 e. The van der Waals surface area contributed by atoms with E-state index < -0.39 is 5.60 Å². The number of aliphatic hydroxyl groups is 1. The first kappa shape index (κ1) is 9.26. The van der Waals surface area contributed by atoms with Crippen molar-refractivity contribution in [3.63, 3.8) is 0 Å². The van der Waals surface area contributed by atoms with Crippen molar-refractivity contribution >= 4 is 0 Å². The molecule has 3 heteroatoms. The summed E-state index contributed by atoms with van der Waals surface area (Å²) in [6, 6.07) is 0. The van der Waals surface area contributed by atoms with Gasteiger partial charge in [0.05, 0.1) is 11.8 Å². The first-order valence-corrected chi connectivity index (χ1v) is 4.28. The normalized spacial score (nSPS) is 16.0. The van der Waals surface area contributed by atoms with Gasteiger partial charge in [0, 0.05) is 18.8 Å². The van der Waals surface area contributed by atoms with Gasteiger partial charge in [-0.25, -0.2) is 0 Å². The van der Waals surface area contributed by atoms with E-state index in [1.54, 1.807) is 10.9 Å². The lowest BCUT2D eigenvalue weighted by Gasteiger charge is -2.20. The van der Waals surface area contributed by atoms with Crippen LogP contribution in [-0.2, 0) is 12.6 Å². The molecule has 1 unspecified atom stereocenters. The molecule has 0 bridgehead atoms. The Morgan fingerprint density at radius 2 is 2.33 bits per heavy atom. The molecule has 0 saturated heterocycles. The predicted molar refractivity (Wildman–Crippen MR) is 47.7 cm³/mol. The van der Waals surface area contributed by atoms with Crippen molar-refractivity contribution in [2.45, 2.75) is 32.3 Å². The molecule has 12 heavy (non-hydrogen) atoms. The second-order valence-corrected chi connectivity index (χ2v) is 3.43. The van der Waals surface area contributed by atoms with Gasteiger partial charge in [0.1, 0.15) is 0 Å². The van der Waals surface area contributed by atoms with E-state index in [1.165, 1.54) is 0 Å². The molecule has 0 amide bonds. The maximum absolute atomic E-state index is 9.95. The number of hydrogen-bond acceptors (Lipinski definition) is 2. The highest BCUT2D eigenvalue weighted by molar-refractivity contribution is 5.13. The van der Waals surface area contributed by atoms with Crippen LogP contribution in [0.25, 0.3) is 0 Å². The summed E-state index contributed by atoms with van der Waals surface area (Å²) in [5.74, 6) is 0. The van der Waals surface area contributed by atoms with Gasteiger partial charge in [-0.1, -0.05) is 13.3 Å². The molecular weight excluding hydrogens is 152 g/mol. The van der Waals surface area contributed by atoms with Gasteiger partial charge in [-0.2, -0.15) is 5.10 Å². The first-order chi connectivity index (χ1) is 5.56. The summed E-state index contributed by atoms with van der Waals surface area (Å²) in [5, 5.41) is 14.0. The molecule has 3 nitrogen and oxygen atoms in total. The van der Waals surface area contributed by atoms with Crippen LogP contribution in [0.3, 0.4) is 0 Å². The molecule has 68 valence electrons. The summed E-state index contributed by atoms with van der Waals surface area (Å²) in [5.41, 5.74) is 0.176. The third-order valence-corrected chi connectivity index (χ3v) is 2.06. The van der Waals surface area contributed by atoms with Gasteiger partial charge in [-0.15, -0.1) is 0 Å². The summed E-state index contributed by atoms with van der Waals surface area (Å²) >= 11 is 0. The van der Waals surface area contributed by atoms with Gasteiger partial charge < -0.3 is 5.11 Å². The fourth-order valence-corrected chi connectivity index (χ4v) is 1.33. The maximum Gasteiger partial charge on any atom is 0.0898 e. The molecular formula is C9H16N2O. The molecule has 1 N–H and O–H groups in total. The average molecular weight is 168 g/mol. The fraction of sp³-hybridized carbons (Fsp3) is 0.667. The summed E-state index contributed by atoms with van der Waals surface area (Å²) in [4.78, 5) is 0. The van der Waals surface area contributed by atoms with Crippen molar-refractivity contribution in [2.75, 3.05) is 0 Å². The van der Waals surface area contributed by atoms with Gasteiger partial charge in [-0.05, 0) is 13.3 Å². The van der Waals surface area contributed by atoms with Gasteiger partial charge in [0.2, 0.25) is 0 Å². The van der Waals surface area contributed by atoms with E-state index in [9.17, 15) is 5.11 Å². The topological polar surface area (TPSA) is 38.1 Å². The van der Waals surface area contributed by atoms with Crippen molar-refractivity contribution in [1.29, 1.82) is 0 Å². The Balaban J connectivity index is 2.81. The minimum absolute atomic E-state index is 0.719. The second kappa shape index (κ2) is 3.27. The lowest BCUT2D eigenvalue weighted by molar-refractivity contribution is 0.0469. The van der Waals surface area contributed by atoms with Crippen LogP contribution in [0.4, 0.5) is 0 Å². The van der Waals surface area contributed by atoms with Crippen LogP contribution in [0.1, 0.15) is 32.3 Å². The molecule has 1 aromatic rings. The molecule has 0 aliphatic heterocycles. The fourth-order valence-electron chi connectivity index (χ4n) is 1.33. The molecule has 0 radical (unpaired) electrons. The number of hydrogen-bond donors (Lipinski definition) is 1. The standard InChI is InChI=1S/C9H16N2O/c1-4-5-9(2,12)8-6-10-11(3)7-8/h6-7,12H,4-5H2,1-3H3. The second-order valence-electron chi connectivity index (χ2n) is 3.43. The summed E-state index contributed by atoms with van der Waals surface area (Å²) in [6.07, 6.45) is 5.33.